The van der Waals surface area contributed by atoms with Crippen molar-refractivity contribution in [2.75, 3.05) is 0 Å². The number of unbranched alkanes of at least 4 members (excludes halogenated alkanes) is 8. The number of esters is 1. The van der Waals surface area contributed by atoms with Gasteiger partial charge in [0.15, 0.2) is 6.10 Å². The van der Waals surface area contributed by atoms with E-state index in [0.29, 0.717) is 12.0 Å². The van der Waals surface area contributed by atoms with Crippen LogP contribution >= 0.6 is 0 Å². The standard InChI is InChI=1S/C25H35NO4/c1-2-3-4-5-6-7-8-9-10-18-22(23(27)24(26)28)30-25(29)21-17-13-15-19-14-11-12-16-20(19)21/h11-17,22-23,27H,2-10,18H2,1H3,(H2,26,28). The fourth-order valence-electron chi connectivity index (χ4n) is 3.73. The van der Waals surface area contributed by atoms with Crippen molar-refractivity contribution in [3.05, 3.63) is 48.0 Å². The topological polar surface area (TPSA) is 89.6 Å². The van der Waals surface area contributed by atoms with Gasteiger partial charge in [-0.1, -0.05) is 94.7 Å². The minimum Gasteiger partial charge on any atom is -0.455 e. The van der Waals surface area contributed by atoms with Gasteiger partial charge in [-0.15, -0.1) is 0 Å². The Balaban J connectivity index is 1.89. The van der Waals surface area contributed by atoms with Crippen LogP contribution in [0.2, 0.25) is 0 Å². The maximum absolute atomic E-state index is 12.8. The zero-order valence-corrected chi connectivity index (χ0v) is 18.0. The number of rotatable bonds is 14. The van der Waals surface area contributed by atoms with Gasteiger partial charge < -0.3 is 15.6 Å². The van der Waals surface area contributed by atoms with Gasteiger partial charge >= 0.3 is 5.97 Å². The summed E-state index contributed by atoms with van der Waals surface area (Å²) in [4.78, 5) is 24.3. The van der Waals surface area contributed by atoms with E-state index in [0.717, 1.165) is 30.0 Å². The van der Waals surface area contributed by atoms with Gasteiger partial charge in [-0.25, -0.2) is 4.79 Å². The minimum atomic E-state index is -1.50. The van der Waals surface area contributed by atoms with E-state index >= 15 is 0 Å². The Morgan fingerprint density at radius 3 is 2.17 bits per heavy atom. The summed E-state index contributed by atoms with van der Waals surface area (Å²) in [5.41, 5.74) is 5.69. The van der Waals surface area contributed by atoms with Crippen LogP contribution in [-0.2, 0) is 9.53 Å². The van der Waals surface area contributed by atoms with Crippen molar-refractivity contribution >= 4 is 22.6 Å². The van der Waals surface area contributed by atoms with E-state index in [-0.39, 0.29) is 0 Å². The lowest BCUT2D eigenvalue weighted by atomic mass is 10.0. The van der Waals surface area contributed by atoms with Crippen LogP contribution in [0.4, 0.5) is 0 Å². The third kappa shape index (κ3) is 7.45. The van der Waals surface area contributed by atoms with E-state index in [4.69, 9.17) is 10.5 Å². The Morgan fingerprint density at radius 1 is 0.900 bits per heavy atom. The minimum absolute atomic E-state index is 0.413. The van der Waals surface area contributed by atoms with Crippen molar-refractivity contribution in [1.82, 2.24) is 0 Å². The van der Waals surface area contributed by atoms with E-state index in [1.807, 2.05) is 30.3 Å². The maximum Gasteiger partial charge on any atom is 0.339 e. The van der Waals surface area contributed by atoms with Crippen LogP contribution in [0, 0.1) is 0 Å². The first-order valence-corrected chi connectivity index (χ1v) is 11.2. The zero-order chi connectivity index (χ0) is 21.8. The summed E-state index contributed by atoms with van der Waals surface area (Å²) >= 11 is 0. The molecule has 0 aliphatic carbocycles. The molecular weight excluding hydrogens is 378 g/mol. The third-order valence-corrected chi connectivity index (χ3v) is 5.50. The molecule has 5 heteroatoms. The molecule has 2 unspecified atom stereocenters. The molecule has 164 valence electrons. The molecule has 30 heavy (non-hydrogen) atoms. The molecule has 2 rings (SSSR count). The fraction of sp³-hybridized carbons (Fsp3) is 0.520. The predicted molar refractivity (Wildman–Crippen MR) is 120 cm³/mol. The number of primary amides is 1. The highest BCUT2D eigenvalue weighted by Gasteiger charge is 2.28. The van der Waals surface area contributed by atoms with Crippen molar-refractivity contribution in [1.29, 1.82) is 0 Å². The molecule has 1 amide bonds. The van der Waals surface area contributed by atoms with Crippen molar-refractivity contribution in [2.45, 2.75) is 83.3 Å². The Bertz CT molecular complexity index is 799. The highest BCUT2D eigenvalue weighted by Crippen LogP contribution is 2.21. The van der Waals surface area contributed by atoms with Crippen LogP contribution in [-0.4, -0.2) is 29.2 Å². The number of hydrogen-bond donors (Lipinski definition) is 2. The van der Waals surface area contributed by atoms with Crippen LogP contribution in [0.1, 0.15) is 81.5 Å². The van der Waals surface area contributed by atoms with Crippen molar-refractivity contribution in [3.8, 4) is 0 Å². The number of benzene rings is 2. The lowest BCUT2D eigenvalue weighted by Crippen LogP contribution is -2.41. The molecule has 0 saturated carbocycles. The van der Waals surface area contributed by atoms with Crippen molar-refractivity contribution in [2.24, 2.45) is 5.73 Å². The molecular formula is C25H35NO4. The van der Waals surface area contributed by atoms with Gasteiger partial charge in [-0.3, -0.25) is 4.79 Å². The third-order valence-electron chi connectivity index (χ3n) is 5.50. The van der Waals surface area contributed by atoms with Gasteiger partial charge in [-0.05, 0) is 29.7 Å². The number of carbonyl (C=O) groups is 2. The summed E-state index contributed by atoms with van der Waals surface area (Å²) < 4.78 is 5.55. The zero-order valence-electron chi connectivity index (χ0n) is 18.0. The Labute approximate surface area is 179 Å². The van der Waals surface area contributed by atoms with Gasteiger partial charge in [0.25, 0.3) is 0 Å². The highest BCUT2D eigenvalue weighted by molar-refractivity contribution is 6.04. The van der Waals surface area contributed by atoms with Crippen LogP contribution in [0.3, 0.4) is 0 Å². The second kappa shape index (κ2) is 13.0. The van der Waals surface area contributed by atoms with Crippen molar-refractivity contribution < 1.29 is 19.4 Å². The van der Waals surface area contributed by atoms with Crippen LogP contribution in [0.5, 0.6) is 0 Å². The molecule has 0 spiro atoms. The molecule has 0 bridgehead atoms. The average Bonchev–Trinajstić information content (AvgIpc) is 2.76. The summed E-state index contributed by atoms with van der Waals surface area (Å²) in [6.07, 6.45) is 8.37. The number of aliphatic hydroxyl groups excluding tert-OH is 1. The number of aliphatic hydroxyl groups is 1. The molecule has 0 aliphatic rings. The van der Waals surface area contributed by atoms with Gasteiger partial charge in [0.1, 0.15) is 6.10 Å². The first-order valence-electron chi connectivity index (χ1n) is 11.2. The second-order valence-electron chi connectivity index (χ2n) is 7.93. The average molecular weight is 414 g/mol. The molecule has 0 radical (unpaired) electrons. The monoisotopic (exact) mass is 413 g/mol. The van der Waals surface area contributed by atoms with E-state index in [2.05, 4.69) is 6.92 Å². The Kier molecular flexibility index (Phi) is 10.4. The number of carbonyl (C=O) groups excluding carboxylic acids is 2. The highest BCUT2D eigenvalue weighted by atomic mass is 16.6. The molecule has 2 aromatic rings. The molecule has 0 fully saturated rings. The lowest BCUT2D eigenvalue weighted by molar-refractivity contribution is -0.132. The van der Waals surface area contributed by atoms with Gasteiger partial charge in [0.2, 0.25) is 5.91 Å². The molecule has 3 N–H and O–H groups in total. The number of fused-ring (bicyclic) bond motifs is 1. The van der Waals surface area contributed by atoms with Crippen LogP contribution < -0.4 is 5.73 Å². The summed E-state index contributed by atoms with van der Waals surface area (Å²) in [7, 11) is 0. The first kappa shape index (κ1) is 23.9. The van der Waals surface area contributed by atoms with Crippen LogP contribution in [0.25, 0.3) is 10.8 Å². The number of nitrogens with two attached hydrogens (primary N) is 1. The van der Waals surface area contributed by atoms with Crippen molar-refractivity contribution in [3.63, 3.8) is 0 Å². The van der Waals surface area contributed by atoms with E-state index < -0.39 is 24.1 Å². The SMILES string of the molecule is CCCCCCCCCCCC(OC(=O)c1cccc2ccccc12)C(O)C(N)=O. The second-order valence-corrected chi connectivity index (χ2v) is 7.93. The number of ether oxygens (including phenoxy) is 1. The molecule has 0 heterocycles. The van der Waals surface area contributed by atoms with Gasteiger partial charge in [-0.2, -0.15) is 0 Å². The summed E-state index contributed by atoms with van der Waals surface area (Å²) in [6, 6.07) is 12.9. The molecule has 0 aliphatic heterocycles. The largest absolute Gasteiger partial charge is 0.455 e. The molecule has 2 atom stereocenters. The molecule has 2 aromatic carbocycles. The maximum atomic E-state index is 12.8. The summed E-state index contributed by atoms with van der Waals surface area (Å²) in [5, 5.41) is 11.9. The van der Waals surface area contributed by atoms with Gasteiger partial charge in [0.05, 0.1) is 5.56 Å². The first-order chi connectivity index (χ1) is 14.5. The molecule has 0 saturated heterocycles. The van der Waals surface area contributed by atoms with Gasteiger partial charge in [0, 0.05) is 0 Å². The lowest BCUT2D eigenvalue weighted by Gasteiger charge is -2.21. The molecule has 5 nitrogen and oxygen atoms in total. The fourth-order valence-corrected chi connectivity index (χ4v) is 3.73. The Hall–Kier alpha value is -2.40. The van der Waals surface area contributed by atoms with E-state index in [9.17, 15) is 14.7 Å². The summed E-state index contributed by atoms with van der Waals surface area (Å²) in [6.45, 7) is 2.21. The van der Waals surface area contributed by atoms with E-state index in [1.54, 1.807) is 12.1 Å². The number of hydrogen-bond acceptors (Lipinski definition) is 4. The predicted octanol–water partition coefficient (Wildman–Crippen LogP) is 5.13. The normalized spacial score (nSPS) is 13.1. The Morgan fingerprint density at radius 2 is 1.50 bits per heavy atom. The van der Waals surface area contributed by atoms with E-state index in [1.165, 1.54) is 38.5 Å². The van der Waals surface area contributed by atoms with Crippen LogP contribution in [0.15, 0.2) is 42.5 Å². The summed E-state index contributed by atoms with van der Waals surface area (Å²) in [5.74, 6) is -1.42. The smallest absolute Gasteiger partial charge is 0.339 e. The molecule has 0 aromatic heterocycles. The number of amides is 1. The quantitative estimate of drug-likeness (QED) is 0.332.